The maximum Gasteiger partial charge on any atom is 0.328 e. The lowest BCUT2D eigenvalue weighted by Crippen LogP contribution is -2.05. The van der Waals surface area contributed by atoms with Crippen LogP contribution in [0.5, 0.6) is 5.75 Å². The summed E-state index contributed by atoms with van der Waals surface area (Å²) in [6, 6.07) is 4.91. The van der Waals surface area contributed by atoms with Crippen molar-refractivity contribution in [3.8, 4) is 5.75 Å². The Bertz CT molecular complexity index is 458. The zero-order valence-electron chi connectivity index (χ0n) is 10.3. The quantitative estimate of drug-likeness (QED) is 0.775. The summed E-state index contributed by atoms with van der Waals surface area (Å²) in [6.45, 7) is -0.708. The van der Waals surface area contributed by atoms with Gasteiger partial charge in [-0.05, 0) is 29.3 Å². The van der Waals surface area contributed by atoms with E-state index in [1.165, 1.54) is 13.2 Å². The molecule has 0 saturated heterocycles. The van der Waals surface area contributed by atoms with Crippen molar-refractivity contribution in [1.82, 2.24) is 0 Å². The first-order chi connectivity index (χ1) is 9.02. The topological polar surface area (TPSA) is 55.8 Å². The van der Waals surface area contributed by atoms with E-state index in [0.717, 1.165) is 6.08 Å². The number of carboxylic acids is 1. The smallest absolute Gasteiger partial charge is 0.328 e. The number of aliphatic carboxylic acids is 1. The van der Waals surface area contributed by atoms with Crippen LogP contribution in [0.1, 0.15) is 11.1 Å². The van der Waals surface area contributed by atoms with Gasteiger partial charge in [0.15, 0.2) is 0 Å². The van der Waals surface area contributed by atoms with Crippen LogP contribution >= 0.6 is 0 Å². The number of hydrogen-bond donors (Lipinski definition) is 1. The Hall–Kier alpha value is -1.95. The van der Waals surface area contributed by atoms with Gasteiger partial charge < -0.3 is 14.6 Å². The number of alkyl halides is 2. The highest BCUT2D eigenvalue weighted by atomic mass is 19.3. The molecule has 0 aromatic heterocycles. The van der Waals surface area contributed by atoms with Gasteiger partial charge in [0.2, 0.25) is 0 Å². The Morgan fingerprint density at radius 1 is 1.47 bits per heavy atom. The van der Waals surface area contributed by atoms with Crippen molar-refractivity contribution in [2.45, 2.75) is 13.0 Å². The molecule has 4 nitrogen and oxygen atoms in total. The highest BCUT2D eigenvalue weighted by molar-refractivity contribution is 5.85. The SMILES string of the molecule is COc1ccc(/C=C/C(=O)O)c(COCC(F)F)c1. The first kappa shape index (κ1) is 15.1. The fraction of sp³-hybridized carbons (Fsp3) is 0.308. The van der Waals surface area contributed by atoms with E-state index < -0.39 is 19.0 Å². The van der Waals surface area contributed by atoms with Gasteiger partial charge in [0.05, 0.1) is 13.7 Å². The third-order valence-corrected chi connectivity index (χ3v) is 2.26. The summed E-state index contributed by atoms with van der Waals surface area (Å²) < 4.78 is 33.9. The number of ether oxygens (including phenoxy) is 2. The molecule has 0 aliphatic rings. The number of methoxy groups -OCH3 is 1. The van der Waals surface area contributed by atoms with Crippen LogP contribution in [0.2, 0.25) is 0 Å². The van der Waals surface area contributed by atoms with Crippen LogP contribution in [-0.2, 0) is 16.1 Å². The lowest BCUT2D eigenvalue weighted by Gasteiger charge is -2.09. The molecule has 104 valence electrons. The Morgan fingerprint density at radius 3 is 2.79 bits per heavy atom. The molecule has 0 amide bonds. The van der Waals surface area contributed by atoms with Crippen molar-refractivity contribution in [2.75, 3.05) is 13.7 Å². The zero-order chi connectivity index (χ0) is 14.3. The van der Waals surface area contributed by atoms with Gasteiger partial charge in [-0.25, -0.2) is 13.6 Å². The molecule has 0 aliphatic heterocycles. The van der Waals surface area contributed by atoms with Gasteiger partial charge in [0.1, 0.15) is 12.4 Å². The van der Waals surface area contributed by atoms with Crippen LogP contribution in [0.15, 0.2) is 24.3 Å². The summed E-state index contributed by atoms with van der Waals surface area (Å²) in [5.74, 6) is -0.543. The van der Waals surface area contributed by atoms with Gasteiger partial charge in [0, 0.05) is 6.08 Å². The van der Waals surface area contributed by atoms with Gasteiger partial charge in [-0.2, -0.15) is 0 Å². The molecule has 1 aromatic rings. The molecule has 0 fully saturated rings. The van der Waals surface area contributed by atoms with Crippen LogP contribution in [0.25, 0.3) is 6.08 Å². The molecule has 0 unspecified atom stereocenters. The van der Waals surface area contributed by atoms with E-state index >= 15 is 0 Å². The van der Waals surface area contributed by atoms with E-state index in [4.69, 9.17) is 14.6 Å². The summed E-state index contributed by atoms with van der Waals surface area (Å²) in [6.07, 6.45) is -0.190. The Morgan fingerprint density at radius 2 is 2.21 bits per heavy atom. The van der Waals surface area contributed by atoms with Crippen molar-refractivity contribution in [1.29, 1.82) is 0 Å². The fourth-order valence-electron chi connectivity index (χ4n) is 1.42. The Balaban J connectivity index is 2.86. The minimum atomic E-state index is -2.54. The molecule has 1 N–H and O–H groups in total. The first-order valence-electron chi connectivity index (χ1n) is 5.46. The van der Waals surface area contributed by atoms with Crippen LogP contribution < -0.4 is 4.74 Å². The number of benzene rings is 1. The van der Waals surface area contributed by atoms with Gasteiger partial charge in [-0.1, -0.05) is 6.07 Å². The summed E-state index contributed by atoms with van der Waals surface area (Å²) in [7, 11) is 1.48. The largest absolute Gasteiger partial charge is 0.497 e. The molecule has 0 atom stereocenters. The summed E-state index contributed by atoms with van der Waals surface area (Å²) in [5, 5.41) is 8.57. The van der Waals surface area contributed by atoms with Crippen molar-refractivity contribution in [3.63, 3.8) is 0 Å². The molecule has 0 aliphatic carbocycles. The van der Waals surface area contributed by atoms with E-state index in [2.05, 4.69) is 0 Å². The first-order valence-corrected chi connectivity index (χ1v) is 5.46. The second kappa shape index (κ2) is 7.48. The molecule has 0 heterocycles. The molecule has 1 rings (SSSR count). The molecule has 0 saturated carbocycles. The van der Waals surface area contributed by atoms with Crippen LogP contribution in [0, 0.1) is 0 Å². The maximum atomic E-state index is 12.0. The van der Waals surface area contributed by atoms with Gasteiger partial charge in [-0.3, -0.25) is 0 Å². The number of rotatable bonds is 7. The highest BCUT2D eigenvalue weighted by Gasteiger charge is 2.06. The Kier molecular flexibility index (Phi) is 5.95. The third-order valence-electron chi connectivity index (χ3n) is 2.26. The maximum absolute atomic E-state index is 12.0. The molecule has 0 spiro atoms. The predicted molar refractivity (Wildman–Crippen MR) is 65.3 cm³/mol. The fourth-order valence-corrected chi connectivity index (χ4v) is 1.42. The van der Waals surface area contributed by atoms with E-state index in [1.54, 1.807) is 18.2 Å². The molecular formula is C13H14F2O4. The Labute approximate surface area is 109 Å². The monoisotopic (exact) mass is 272 g/mol. The lowest BCUT2D eigenvalue weighted by atomic mass is 10.1. The highest BCUT2D eigenvalue weighted by Crippen LogP contribution is 2.20. The number of hydrogen-bond acceptors (Lipinski definition) is 3. The number of carboxylic acid groups (broad SMARTS) is 1. The molecule has 19 heavy (non-hydrogen) atoms. The molecule has 0 bridgehead atoms. The molecule has 0 radical (unpaired) electrons. The summed E-state index contributed by atoms with van der Waals surface area (Å²) in [5.41, 5.74) is 1.16. The van der Waals surface area contributed by atoms with E-state index in [1.807, 2.05) is 0 Å². The summed E-state index contributed by atoms with van der Waals surface area (Å²) >= 11 is 0. The van der Waals surface area contributed by atoms with Crippen LogP contribution in [0.4, 0.5) is 8.78 Å². The second-order valence-corrected chi connectivity index (χ2v) is 3.64. The van der Waals surface area contributed by atoms with Crippen molar-refractivity contribution < 1.29 is 28.2 Å². The van der Waals surface area contributed by atoms with Gasteiger partial charge in [0.25, 0.3) is 6.43 Å². The zero-order valence-corrected chi connectivity index (χ0v) is 10.3. The van der Waals surface area contributed by atoms with Crippen molar-refractivity contribution >= 4 is 12.0 Å². The van der Waals surface area contributed by atoms with Crippen molar-refractivity contribution in [3.05, 3.63) is 35.4 Å². The number of halogens is 2. The summed E-state index contributed by atoms with van der Waals surface area (Å²) in [4.78, 5) is 10.5. The predicted octanol–water partition coefficient (Wildman–Crippen LogP) is 2.57. The molecule has 6 heteroatoms. The molecular weight excluding hydrogens is 258 g/mol. The second-order valence-electron chi connectivity index (χ2n) is 3.64. The average molecular weight is 272 g/mol. The van der Waals surface area contributed by atoms with Crippen LogP contribution in [0.3, 0.4) is 0 Å². The van der Waals surface area contributed by atoms with Gasteiger partial charge in [-0.15, -0.1) is 0 Å². The average Bonchev–Trinajstić information content (AvgIpc) is 2.36. The molecule has 1 aromatic carbocycles. The van der Waals surface area contributed by atoms with Gasteiger partial charge >= 0.3 is 5.97 Å². The number of carbonyl (C=O) groups is 1. The van der Waals surface area contributed by atoms with E-state index in [-0.39, 0.29) is 6.61 Å². The van der Waals surface area contributed by atoms with Crippen molar-refractivity contribution in [2.24, 2.45) is 0 Å². The normalized spacial score (nSPS) is 11.2. The third kappa shape index (κ3) is 5.48. The van der Waals surface area contributed by atoms with Crippen LogP contribution in [-0.4, -0.2) is 31.2 Å². The lowest BCUT2D eigenvalue weighted by molar-refractivity contribution is -0.131. The van der Waals surface area contributed by atoms with E-state index in [9.17, 15) is 13.6 Å². The minimum Gasteiger partial charge on any atom is -0.497 e. The minimum absolute atomic E-state index is 0.0408. The van der Waals surface area contributed by atoms with E-state index in [0.29, 0.717) is 16.9 Å². The standard InChI is InChI=1S/C13H14F2O4/c1-18-11-4-2-9(3-5-13(16)17)10(6-11)7-19-8-12(14)15/h2-6,12H,7-8H2,1H3,(H,16,17)/b5-3+.